The minimum absolute atomic E-state index is 0.327. The van der Waals surface area contributed by atoms with E-state index in [1.165, 1.54) is 17.4 Å². The van der Waals surface area contributed by atoms with Crippen molar-refractivity contribution < 1.29 is 14.3 Å². The van der Waals surface area contributed by atoms with Crippen LogP contribution < -0.4 is 0 Å². The summed E-state index contributed by atoms with van der Waals surface area (Å²) in [4.78, 5) is 11.3. The van der Waals surface area contributed by atoms with Crippen LogP contribution in [-0.4, -0.2) is 21.3 Å². The topological polar surface area (TPSA) is 63.1 Å². The molecule has 0 aliphatic heterocycles. The largest absolute Gasteiger partial charge is 0.478 e. The second-order valence-electron chi connectivity index (χ2n) is 3.11. The van der Waals surface area contributed by atoms with Gasteiger partial charge in [0.25, 0.3) is 0 Å². The Morgan fingerprint density at radius 3 is 2.82 bits per heavy atom. The summed E-state index contributed by atoms with van der Waals surface area (Å²) in [6, 6.07) is 4.14. The zero-order chi connectivity index (χ0) is 12.4. The number of aromatic carboxylic acids is 1. The van der Waals surface area contributed by atoms with Gasteiger partial charge in [-0.15, -0.1) is 10.2 Å². The number of carboxylic acid groups (broad SMARTS) is 1. The van der Waals surface area contributed by atoms with Crippen molar-refractivity contribution >= 4 is 29.1 Å². The third kappa shape index (κ3) is 2.62. The molecule has 1 aromatic heterocycles. The molecule has 1 N–H and O–H groups in total. The fourth-order valence-corrected chi connectivity index (χ4v) is 3.13. The number of carboxylic acids is 1. The van der Waals surface area contributed by atoms with Crippen molar-refractivity contribution in [2.24, 2.45) is 0 Å². The molecule has 0 aliphatic carbocycles. The van der Waals surface area contributed by atoms with Crippen LogP contribution in [0, 0.1) is 12.7 Å². The molecule has 0 fully saturated rings. The minimum Gasteiger partial charge on any atom is -0.478 e. The summed E-state index contributed by atoms with van der Waals surface area (Å²) in [6.45, 7) is 1.80. The van der Waals surface area contributed by atoms with E-state index in [0.29, 0.717) is 9.24 Å². The summed E-state index contributed by atoms with van der Waals surface area (Å²) in [6.07, 6.45) is 0. The van der Waals surface area contributed by atoms with Crippen LogP contribution in [0.5, 0.6) is 0 Å². The molecule has 0 radical (unpaired) electrons. The van der Waals surface area contributed by atoms with Crippen molar-refractivity contribution in [2.45, 2.75) is 16.2 Å². The molecule has 0 bridgehead atoms. The molecule has 2 aromatic rings. The average molecular weight is 270 g/mol. The van der Waals surface area contributed by atoms with E-state index in [1.54, 1.807) is 13.0 Å². The van der Waals surface area contributed by atoms with Gasteiger partial charge >= 0.3 is 5.97 Å². The van der Waals surface area contributed by atoms with Gasteiger partial charge in [0.05, 0.1) is 0 Å². The molecule has 1 heterocycles. The van der Waals surface area contributed by atoms with Gasteiger partial charge in [0.1, 0.15) is 16.4 Å². The van der Waals surface area contributed by atoms with Crippen molar-refractivity contribution in [3.63, 3.8) is 0 Å². The van der Waals surface area contributed by atoms with E-state index in [2.05, 4.69) is 10.2 Å². The van der Waals surface area contributed by atoms with E-state index in [1.807, 2.05) is 0 Å². The molecule has 0 spiro atoms. The van der Waals surface area contributed by atoms with Gasteiger partial charge in [0, 0.05) is 4.90 Å². The van der Waals surface area contributed by atoms with Crippen LogP contribution in [0.1, 0.15) is 15.4 Å². The highest BCUT2D eigenvalue weighted by Gasteiger charge is 2.17. The van der Waals surface area contributed by atoms with Gasteiger partial charge < -0.3 is 5.11 Å². The van der Waals surface area contributed by atoms with Gasteiger partial charge in [0.15, 0.2) is 4.34 Å². The molecular formula is C10H7FN2O2S2. The van der Waals surface area contributed by atoms with Crippen LogP contribution in [0.25, 0.3) is 0 Å². The molecule has 4 nitrogen and oxygen atoms in total. The lowest BCUT2D eigenvalue weighted by atomic mass is 10.2. The standard InChI is InChI=1S/C10H7FN2O2S2/c1-5-12-13-10(16-5)17-7-4-2-3-6(11)8(7)9(14)15/h2-4H,1H3,(H,14,15). The number of aryl methyl sites for hydroxylation is 1. The lowest BCUT2D eigenvalue weighted by Crippen LogP contribution is -2.02. The predicted octanol–water partition coefficient (Wildman–Crippen LogP) is 2.84. The quantitative estimate of drug-likeness (QED) is 0.929. The summed E-state index contributed by atoms with van der Waals surface area (Å²) >= 11 is 2.44. The number of nitrogens with zero attached hydrogens (tertiary/aromatic N) is 2. The Kier molecular flexibility index (Phi) is 3.39. The SMILES string of the molecule is Cc1nnc(Sc2cccc(F)c2C(=O)O)s1. The van der Waals surface area contributed by atoms with Crippen molar-refractivity contribution in [1.82, 2.24) is 10.2 Å². The summed E-state index contributed by atoms with van der Waals surface area (Å²) in [5, 5.41) is 17.4. The number of hydrogen-bond acceptors (Lipinski definition) is 5. The Labute approximate surface area is 105 Å². The Bertz CT molecular complexity index is 571. The van der Waals surface area contributed by atoms with Gasteiger partial charge in [0.2, 0.25) is 0 Å². The molecule has 0 saturated heterocycles. The van der Waals surface area contributed by atoms with Gasteiger partial charge in [-0.05, 0) is 19.1 Å². The Morgan fingerprint density at radius 1 is 1.47 bits per heavy atom. The summed E-state index contributed by atoms with van der Waals surface area (Å²) < 4.78 is 14.0. The van der Waals surface area contributed by atoms with E-state index >= 15 is 0 Å². The zero-order valence-electron chi connectivity index (χ0n) is 8.68. The third-order valence-corrected chi connectivity index (χ3v) is 3.84. The third-order valence-electron chi connectivity index (χ3n) is 1.89. The Morgan fingerprint density at radius 2 is 2.24 bits per heavy atom. The van der Waals surface area contributed by atoms with Gasteiger partial charge in [-0.2, -0.15) is 0 Å². The lowest BCUT2D eigenvalue weighted by Gasteiger charge is -2.03. The Balaban J connectivity index is 2.39. The van der Waals surface area contributed by atoms with Crippen molar-refractivity contribution in [3.8, 4) is 0 Å². The monoisotopic (exact) mass is 270 g/mol. The van der Waals surface area contributed by atoms with Crippen molar-refractivity contribution in [3.05, 3.63) is 34.6 Å². The maximum absolute atomic E-state index is 13.4. The predicted molar refractivity (Wildman–Crippen MR) is 62.1 cm³/mol. The van der Waals surface area contributed by atoms with Crippen LogP contribution >= 0.6 is 23.1 Å². The smallest absolute Gasteiger partial charge is 0.339 e. The maximum atomic E-state index is 13.4. The van der Waals surface area contributed by atoms with Crippen LogP contribution in [0.2, 0.25) is 0 Å². The first-order valence-electron chi connectivity index (χ1n) is 4.57. The normalized spacial score (nSPS) is 10.5. The molecule has 0 unspecified atom stereocenters. The van der Waals surface area contributed by atoms with Crippen LogP contribution in [0.15, 0.2) is 27.4 Å². The first-order valence-corrected chi connectivity index (χ1v) is 6.21. The summed E-state index contributed by atoms with van der Waals surface area (Å²) in [7, 11) is 0. The molecule has 7 heteroatoms. The van der Waals surface area contributed by atoms with Gasteiger partial charge in [-0.3, -0.25) is 0 Å². The molecule has 88 valence electrons. The van der Waals surface area contributed by atoms with E-state index in [-0.39, 0.29) is 5.56 Å². The zero-order valence-corrected chi connectivity index (χ0v) is 10.3. The highest BCUT2D eigenvalue weighted by Crippen LogP contribution is 2.33. The number of rotatable bonds is 3. The van der Waals surface area contributed by atoms with E-state index in [0.717, 1.165) is 22.8 Å². The summed E-state index contributed by atoms with van der Waals surface area (Å²) in [5.74, 6) is -2.03. The average Bonchev–Trinajstić information content (AvgIpc) is 2.63. The van der Waals surface area contributed by atoms with Gasteiger partial charge in [-0.25, -0.2) is 9.18 Å². The molecule has 0 atom stereocenters. The number of carbonyl (C=O) groups is 1. The van der Waals surface area contributed by atoms with Crippen LogP contribution in [-0.2, 0) is 0 Å². The van der Waals surface area contributed by atoms with Crippen molar-refractivity contribution in [2.75, 3.05) is 0 Å². The highest BCUT2D eigenvalue weighted by molar-refractivity contribution is 8.01. The molecule has 0 amide bonds. The second kappa shape index (κ2) is 4.80. The Hall–Kier alpha value is -1.47. The molecule has 0 saturated carbocycles. The highest BCUT2D eigenvalue weighted by atomic mass is 32.2. The van der Waals surface area contributed by atoms with Crippen LogP contribution in [0.3, 0.4) is 0 Å². The second-order valence-corrected chi connectivity index (χ2v) is 5.58. The van der Waals surface area contributed by atoms with Crippen molar-refractivity contribution in [1.29, 1.82) is 0 Å². The summed E-state index contributed by atoms with van der Waals surface area (Å²) in [5.41, 5.74) is -0.328. The molecule has 17 heavy (non-hydrogen) atoms. The first-order chi connectivity index (χ1) is 8.08. The first kappa shape index (κ1) is 12.0. The lowest BCUT2D eigenvalue weighted by molar-refractivity contribution is 0.0688. The van der Waals surface area contributed by atoms with E-state index in [4.69, 9.17) is 5.11 Å². The van der Waals surface area contributed by atoms with Gasteiger partial charge in [-0.1, -0.05) is 29.2 Å². The molecule has 2 rings (SSSR count). The van der Waals surface area contributed by atoms with E-state index < -0.39 is 11.8 Å². The number of aromatic nitrogens is 2. The molecular weight excluding hydrogens is 263 g/mol. The van der Waals surface area contributed by atoms with Crippen LogP contribution in [0.4, 0.5) is 4.39 Å². The molecule has 1 aromatic carbocycles. The maximum Gasteiger partial charge on any atom is 0.339 e. The van der Waals surface area contributed by atoms with E-state index in [9.17, 15) is 9.18 Å². The molecule has 0 aliphatic rings. The fourth-order valence-electron chi connectivity index (χ4n) is 1.21. The minimum atomic E-state index is -1.29. The fraction of sp³-hybridized carbons (Fsp3) is 0.100. The number of benzene rings is 1. The number of hydrogen-bond donors (Lipinski definition) is 1. The number of halogens is 1.